The predicted molar refractivity (Wildman–Crippen MR) is 91.1 cm³/mol. The van der Waals surface area contributed by atoms with Gasteiger partial charge in [-0.2, -0.15) is 0 Å². The number of hydrogen-bond acceptors (Lipinski definition) is 4. The molecule has 8 heteroatoms. The fourth-order valence-electron chi connectivity index (χ4n) is 2.13. The Morgan fingerprint density at radius 2 is 1.75 bits per heavy atom. The maximum Gasteiger partial charge on any atom is 0.262 e. The molecule has 0 fully saturated rings. The van der Waals surface area contributed by atoms with Crippen LogP contribution in [-0.2, 0) is 14.9 Å². The van der Waals surface area contributed by atoms with Crippen molar-refractivity contribution in [2.45, 2.75) is 17.9 Å². The van der Waals surface area contributed by atoms with Crippen molar-refractivity contribution in [3.05, 3.63) is 64.7 Å². The molecule has 0 aliphatic heterocycles. The molecule has 0 aromatic heterocycles. The molecule has 2 N–H and O–H groups in total. The Morgan fingerprint density at radius 3 is 2.33 bits per heavy atom. The van der Waals surface area contributed by atoms with Crippen molar-refractivity contribution in [1.82, 2.24) is 10.2 Å². The first-order valence-corrected chi connectivity index (χ1v) is 8.91. The number of sulfonamides is 1. The second kappa shape index (κ2) is 7.76. The number of carbonyl (C=O) groups is 1. The van der Waals surface area contributed by atoms with E-state index in [2.05, 4.69) is 10.2 Å². The molecule has 24 heavy (non-hydrogen) atoms. The zero-order valence-electron chi connectivity index (χ0n) is 13.1. The number of rotatable bonds is 6. The second-order valence-electron chi connectivity index (χ2n) is 5.03. The average molecular weight is 369 g/mol. The zero-order chi connectivity index (χ0) is 17.7. The van der Waals surface area contributed by atoms with E-state index >= 15 is 0 Å². The Bertz CT molecular complexity index is 822. The molecule has 0 spiro atoms. The van der Waals surface area contributed by atoms with Crippen molar-refractivity contribution < 1.29 is 18.0 Å². The Kier molecular flexibility index (Phi) is 5.95. The summed E-state index contributed by atoms with van der Waals surface area (Å²) >= 11 is 6.11. The average Bonchev–Trinajstić information content (AvgIpc) is 2.55. The lowest BCUT2D eigenvalue weighted by Gasteiger charge is -2.16. The lowest BCUT2D eigenvalue weighted by Crippen LogP contribution is -2.27. The summed E-state index contributed by atoms with van der Waals surface area (Å²) < 4.78 is 23.5. The molecular formula is C16H17ClN2O4S. The van der Waals surface area contributed by atoms with Crippen LogP contribution >= 0.6 is 11.6 Å². The minimum Gasteiger partial charge on any atom is -0.345 e. The summed E-state index contributed by atoms with van der Waals surface area (Å²) in [5, 5.41) is 3.39. The summed E-state index contributed by atoms with van der Waals surface area (Å²) in [5.41, 5.74) is 1.14. The van der Waals surface area contributed by atoms with Gasteiger partial charge in [0.05, 0.1) is 18.0 Å². The van der Waals surface area contributed by atoms with Gasteiger partial charge in [-0.25, -0.2) is 8.42 Å². The summed E-state index contributed by atoms with van der Waals surface area (Å²) in [4.78, 5) is 18.6. The van der Waals surface area contributed by atoms with Gasteiger partial charge in [0, 0.05) is 10.6 Å². The van der Waals surface area contributed by atoms with Crippen molar-refractivity contribution in [3.8, 4) is 0 Å². The Hall–Kier alpha value is -1.93. The molecule has 6 nitrogen and oxygen atoms in total. The van der Waals surface area contributed by atoms with Crippen molar-refractivity contribution >= 4 is 27.5 Å². The molecule has 2 rings (SSSR count). The van der Waals surface area contributed by atoms with Crippen LogP contribution in [0.3, 0.4) is 0 Å². The number of nitrogens with one attached hydrogen (secondary N) is 2. The highest BCUT2D eigenvalue weighted by Crippen LogP contribution is 2.22. The number of carbonyl (C=O) groups excluding carboxylic acids is 1. The molecule has 0 bridgehead atoms. The van der Waals surface area contributed by atoms with E-state index in [-0.39, 0.29) is 16.8 Å². The quantitative estimate of drug-likeness (QED) is 0.768. The van der Waals surface area contributed by atoms with Crippen LogP contribution in [0.1, 0.15) is 28.9 Å². The van der Waals surface area contributed by atoms with Gasteiger partial charge in [-0.1, -0.05) is 34.7 Å². The van der Waals surface area contributed by atoms with Crippen LogP contribution in [-0.4, -0.2) is 21.4 Å². The lowest BCUT2D eigenvalue weighted by atomic mass is 10.1. The molecular weight excluding hydrogens is 352 g/mol. The molecule has 0 saturated heterocycles. The summed E-state index contributed by atoms with van der Waals surface area (Å²) in [5.74, 6) is -0.328. The number of halogens is 1. The third kappa shape index (κ3) is 4.33. The van der Waals surface area contributed by atoms with Crippen molar-refractivity contribution in [2.75, 3.05) is 7.11 Å². The molecule has 128 valence electrons. The molecule has 0 aliphatic carbocycles. The summed E-state index contributed by atoms with van der Waals surface area (Å²) in [6.45, 7) is 1.82. The summed E-state index contributed by atoms with van der Waals surface area (Å²) in [6.07, 6.45) is 0. The SMILES string of the molecule is CONS(=O)(=O)c1ccc(C(=O)NC(C)c2ccccc2Cl)cc1. The predicted octanol–water partition coefficient (Wildman–Crippen LogP) is 2.67. The molecule has 2 aromatic rings. The van der Waals surface area contributed by atoms with Gasteiger partial charge in [-0.15, -0.1) is 0 Å². The molecule has 0 radical (unpaired) electrons. The second-order valence-corrected chi connectivity index (χ2v) is 7.08. The van der Waals surface area contributed by atoms with Gasteiger partial charge in [-0.3, -0.25) is 9.63 Å². The van der Waals surface area contributed by atoms with Crippen LogP contribution in [0.4, 0.5) is 0 Å². The van der Waals surface area contributed by atoms with Crippen LogP contribution < -0.4 is 10.2 Å². The zero-order valence-corrected chi connectivity index (χ0v) is 14.7. The smallest absolute Gasteiger partial charge is 0.262 e. The van der Waals surface area contributed by atoms with E-state index in [4.69, 9.17) is 11.6 Å². The van der Waals surface area contributed by atoms with Gasteiger partial charge in [0.25, 0.3) is 15.9 Å². The summed E-state index contributed by atoms with van der Waals surface area (Å²) in [6, 6.07) is 12.5. The minimum absolute atomic E-state index is 0.0000484. The van der Waals surface area contributed by atoms with Crippen LogP contribution in [0.5, 0.6) is 0 Å². The fraction of sp³-hybridized carbons (Fsp3) is 0.188. The fourth-order valence-corrected chi connectivity index (χ4v) is 3.24. The molecule has 0 aliphatic rings. The van der Waals surface area contributed by atoms with Gasteiger partial charge in [0.1, 0.15) is 0 Å². The van der Waals surface area contributed by atoms with Crippen molar-refractivity contribution in [2.24, 2.45) is 0 Å². The normalized spacial score (nSPS) is 12.6. The van der Waals surface area contributed by atoms with E-state index in [1.165, 1.54) is 31.4 Å². The van der Waals surface area contributed by atoms with Gasteiger partial charge in [-0.05, 0) is 42.8 Å². The Morgan fingerprint density at radius 1 is 1.12 bits per heavy atom. The highest BCUT2D eigenvalue weighted by atomic mass is 35.5. The van der Waals surface area contributed by atoms with Crippen LogP contribution in [0, 0.1) is 0 Å². The Balaban J connectivity index is 2.12. The molecule has 1 amide bonds. The third-order valence-corrected chi connectivity index (χ3v) is 4.96. The van der Waals surface area contributed by atoms with Crippen LogP contribution in [0.2, 0.25) is 5.02 Å². The highest BCUT2D eigenvalue weighted by molar-refractivity contribution is 7.89. The molecule has 0 heterocycles. The topological polar surface area (TPSA) is 84.5 Å². The van der Waals surface area contributed by atoms with Crippen molar-refractivity contribution in [3.63, 3.8) is 0 Å². The summed E-state index contributed by atoms with van der Waals surface area (Å²) in [7, 11) is -2.54. The van der Waals surface area contributed by atoms with Gasteiger partial charge >= 0.3 is 0 Å². The third-order valence-electron chi connectivity index (χ3n) is 3.34. The van der Waals surface area contributed by atoms with E-state index in [1.807, 2.05) is 30.0 Å². The first kappa shape index (κ1) is 18.4. The van der Waals surface area contributed by atoms with Crippen LogP contribution in [0.25, 0.3) is 0 Å². The van der Waals surface area contributed by atoms with Gasteiger partial charge in [0.15, 0.2) is 0 Å². The number of benzene rings is 2. The lowest BCUT2D eigenvalue weighted by molar-refractivity contribution is 0.0940. The number of amides is 1. The van der Waals surface area contributed by atoms with Crippen molar-refractivity contribution in [1.29, 1.82) is 0 Å². The van der Waals surface area contributed by atoms with E-state index in [9.17, 15) is 13.2 Å². The maximum absolute atomic E-state index is 12.3. The molecule has 1 atom stereocenters. The maximum atomic E-state index is 12.3. The van der Waals surface area contributed by atoms with Crippen LogP contribution in [0.15, 0.2) is 53.4 Å². The van der Waals surface area contributed by atoms with E-state index < -0.39 is 10.0 Å². The molecule has 1 unspecified atom stereocenters. The Labute approximate surface area is 145 Å². The van der Waals surface area contributed by atoms with Gasteiger partial charge < -0.3 is 5.32 Å². The first-order valence-electron chi connectivity index (χ1n) is 7.05. The van der Waals surface area contributed by atoms with E-state index in [0.717, 1.165) is 5.56 Å². The first-order chi connectivity index (χ1) is 11.3. The number of hydrogen-bond donors (Lipinski definition) is 2. The largest absolute Gasteiger partial charge is 0.345 e. The van der Waals surface area contributed by atoms with E-state index in [0.29, 0.717) is 10.6 Å². The minimum atomic E-state index is -3.75. The monoisotopic (exact) mass is 368 g/mol. The standard InChI is InChI=1S/C16H17ClN2O4S/c1-11(14-5-3-4-6-15(14)17)18-16(20)12-7-9-13(10-8-12)24(21,22)19-23-2/h3-11,19H,1-2H3,(H,18,20). The highest BCUT2D eigenvalue weighted by Gasteiger charge is 2.16. The molecule has 0 saturated carbocycles. The molecule has 2 aromatic carbocycles. The van der Waals surface area contributed by atoms with Gasteiger partial charge in [0.2, 0.25) is 0 Å². The van der Waals surface area contributed by atoms with E-state index in [1.54, 1.807) is 6.07 Å².